The molecule has 116 valence electrons. The molecule has 1 aliphatic rings. The predicted molar refractivity (Wildman–Crippen MR) is 95.5 cm³/mol. The van der Waals surface area contributed by atoms with Gasteiger partial charge in [-0.1, -0.05) is 24.3 Å². The summed E-state index contributed by atoms with van der Waals surface area (Å²) in [6.07, 6.45) is 1.73. The minimum absolute atomic E-state index is 0.299. The maximum Gasteiger partial charge on any atom is 0.363 e. The van der Waals surface area contributed by atoms with Crippen LogP contribution in [0.3, 0.4) is 0 Å². The zero-order valence-corrected chi connectivity index (χ0v) is 14.4. The highest BCUT2D eigenvalue weighted by atomic mass is 79.9. The van der Waals surface area contributed by atoms with Crippen LogP contribution in [0.5, 0.6) is 0 Å². The van der Waals surface area contributed by atoms with E-state index < -0.39 is 5.97 Å². The standard InChI is InChI=1S/C18H15BrN2O2/c1-21(2)13-9-7-12(8-10-13)11-16-18(22)23-17(20-16)14-5-3-4-6-15(14)19/h3-11H,1-2H3/b16-11-. The number of cyclic esters (lactones) is 1. The fourth-order valence-corrected chi connectivity index (χ4v) is 2.64. The largest absolute Gasteiger partial charge is 0.402 e. The van der Waals surface area contributed by atoms with Crippen LogP contribution >= 0.6 is 15.9 Å². The van der Waals surface area contributed by atoms with Crippen LogP contribution in [0.2, 0.25) is 0 Å². The molecule has 1 aliphatic heterocycles. The molecule has 0 fully saturated rings. The summed E-state index contributed by atoms with van der Waals surface area (Å²) in [4.78, 5) is 18.4. The number of benzene rings is 2. The van der Waals surface area contributed by atoms with Gasteiger partial charge < -0.3 is 9.64 Å². The number of anilines is 1. The average Bonchev–Trinajstić information content (AvgIpc) is 2.89. The van der Waals surface area contributed by atoms with Gasteiger partial charge in [0.15, 0.2) is 5.70 Å². The number of hydrogen-bond donors (Lipinski definition) is 0. The maximum atomic E-state index is 12.0. The van der Waals surface area contributed by atoms with E-state index in [1.165, 1.54) is 0 Å². The van der Waals surface area contributed by atoms with E-state index in [1.807, 2.05) is 67.5 Å². The first kappa shape index (κ1) is 15.5. The molecular weight excluding hydrogens is 356 g/mol. The fraction of sp³-hybridized carbons (Fsp3) is 0.111. The Morgan fingerprint density at radius 2 is 1.78 bits per heavy atom. The summed E-state index contributed by atoms with van der Waals surface area (Å²) in [5.74, 6) is -0.119. The number of rotatable bonds is 3. The number of hydrogen-bond acceptors (Lipinski definition) is 4. The molecule has 0 unspecified atom stereocenters. The second-order valence-electron chi connectivity index (χ2n) is 5.30. The fourth-order valence-electron chi connectivity index (χ4n) is 2.19. The van der Waals surface area contributed by atoms with Crippen LogP contribution in [0.4, 0.5) is 5.69 Å². The van der Waals surface area contributed by atoms with Crippen LogP contribution in [-0.4, -0.2) is 26.0 Å². The number of nitrogens with zero attached hydrogens (tertiary/aromatic N) is 2. The molecule has 0 amide bonds. The van der Waals surface area contributed by atoms with Gasteiger partial charge in [-0.2, -0.15) is 0 Å². The van der Waals surface area contributed by atoms with Crippen molar-refractivity contribution in [3.05, 3.63) is 69.8 Å². The van der Waals surface area contributed by atoms with Gasteiger partial charge >= 0.3 is 5.97 Å². The maximum absolute atomic E-state index is 12.0. The summed E-state index contributed by atoms with van der Waals surface area (Å²) < 4.78 is 6.12. The van der Waals surface area contributed by atoms with Crippen molar-refractivity contribution in [1.29, 1.82) is 0 Å². The van der Waals surface area contributed by atoms with Crippen molar-refractivity contribution in [2.75, 3.05) is 19.0 Å². The molecule has 1 heterocycles. The van der Waals surface area contributed by atoms with E-state index in [0.717, 1.165) is 21.3 Å². The second kappa shape index (κ2) is 6.38. The van der Waals surface area contributed by atoms with Gasteiger partial charge in [-0.05, 0) is 51.8 Å². The van der Waals surface area contributed by atoms with E-state index in [2.05, 4.69) is 20.9 Å². The third-order valence-electron chi connectivity index (χ3n) is 3.44. The van der Waals surface area contributed by atoms with E-state index in [9.17, 15) is 4.79 Å². The van der Waals surface area contributed by atoms with Gasteiger partial charge in [-0.3, -0.25) is 0 Å². The second-order valence-corrected chi connectivity index (χ2v) is 6.16. The summed E-state index contributed by atoms with van der Waals surface area (Å²) in [5.41, 5.74) is 3.05. The number of esters is 1. The number of ether oxygens (including phenoxy) is 1. The van der Waals surface area contributed by atoms with Crippen molar-refractivity contribution in [1.82, 2.24) is 0 Å². The lowest BCUT2D eigenvalue weighted by Gasteiger charge is -2.11. The van der Waals surface area contributed by atoms with Gasteiger partial charge in [0.2, 0.25) is 5.90 Å². The van der Waals surface area contributed by atoms with Gasteiger partial charge in [0.1, 0.15) is 0 Å². The van der Waals surface area contributed by atoms with Crippen LogP contribution in [0.25, 0.3) is 6.08 Å². The lowest BCUT2D eigenvalue weighted by molar-refractivity contribution is -0.129. The van der Waals surface area contributed by atoms with Gasteiger partial charge in [0.05, 0.1) is 5.56 Å². The molecular formula is C18H15BrN2O2. The Labute approximate surface area is 143 Å². The average molecular weight is 371 g/mol. The quantitative estimate of drug-likeness (QED) is 0.608. The highest BCUT2D eigenvalue weighted by molar-refractivity contribution is 9.10. The monoisotopic (exact) mass is 370 g/mol. The Morgan fingerprint density at radius 1 is 1.09 bits per heavy atom. The number of carbonyl (C=O) groups excluding carboxylic acids is 1. The molecule has 0 radical (unpaired) electrons. The minimum atomic E-state index is -0.438. The van der Waals surface area contributed by atoms with Crippen LogP contribution in [0.1, 0.15) is 11.1 Å². The molecule has 2 aromatic carbocycles. The summed E-state index contributed by atoms with van der Waals surface area (Å²) >= 11 is 3.44. The SMILES string of the molecule is CN(C)c1ccc(/C=C2\N=C(c3ccccc3Br)OC2=O)cc1. The van der Waals surface area contributed by atoms with E-state index in [0.29, 0.717) is 11.6 Å². The Bertz CT molecular complexity index is 808. The zero-order valence-electron chi connectivity index (χ0n) is 12.8. The summed E-state index contributed by atoms with van der Waals surface area (Å²) in [5, 5.41) is 0. The third kappa shape index (κ3) is 3.35. The Hall–Kier alpha value is -2.40. The van der Waals surface area contributed by atoms with E-state index in [-0.39, 0.29) is 0 Å². The van der Waals surface area contributed by atoms with Crippen molar-refractivity contribution in [2.45, 2.75) is 0 Å². The molecule has 0 N–H and O–H groups in total. The Balaban J connectivity index is 1.90. The van der Waals surface area contributed by atoms with Crippen LogP contribution in [-0.2, 0) is 9.53 Å². The van der Waals surface area contributed by atoms with E-state index in [4.69, 9.17) is 4.74 Å². The highest BCUT2D eigenvalue weighted by Crippen LogP contribution is 2.24. The lowest BCUT2D eigenvalue weighted by Crippen LogP contribution is -2.08. The predicted octanol–water partition coefficient (Wildman–Crippen LogP) is 3.86. The molecule has 3 rings (SSSR count). The van der Waals surface area contributed by atoms with Gasteiger partial charge in [0, 0.05) is 24.3 Å². The van der Waals surface area contributed by atoms with Crippen molar-refractivity contribution >= 4 is 39.6 Å². The molecule has 23 heavy (non-hydrogen) atoms. The van der Waals surface area contributed by atoms with Crippen LogP contribution < -0.4 is 4.90 Å². The van der Waals surface area contributed by atoms with Crippen molar-refractivity contribution in [2.24, 2.45) is 4.99 Å². The summed E-state index contributed by atoms with van der Waals surface area (Å²) in [7, 11) is 3.96. The number of carbonyl (C=O) groups is 1. The molecule has 0 aliphatic carbocycles. The van der Waals surface area contributed by atoms with Crippen molar-refractivity contribution in [3.63, 3.8) is 0 Å². The summed E-state index contributed by atoms with van der Waals surface area (Å²) in [6.45, 7) is 0. The van der Waals surface area contributed by atoms with E-state index in [1.54, 1.807) is 6.08 Å². The molecule has 4 nitrogen and oxygen atoms in total. The molecule has 5 heteroatoms. The molecule has 0 aromatic heterocycles. The van der Waals surface area contributed by atoms with Crippen LogP contribution in [0.15, 0.2) is 63.7 Å². The topological polar surface area (TPSA) is 41.9 Å². The first-order chi connectivity index (χ1) is 11.0. The first-order valence-corrected chi connectivity index (χ1v) is 7.89. The molecule has 2 aromatic rings. The van der Waals surface area contributed by atoms with Gasteiger partial charge in [-0.25, -0.2) is 9.79 Å². The summed E-state index contributed by atoms with van der Waals surface area (Å²) in [6, 6.07) is 15.4. The molecule has 0 saturated carbocycles. The van der Waals surface area contributed by atoms with Gasteiger partial charge in [0.25, 0.3) is 0 Å². The van der Waals surface area contributed by atoms with E-state index >= 15 is 0 Å². The normalized spacial score (nSPS) is 15.5. The smallest absolute Gasteiger partial charge is 0.363 e. The Kier molecular flexibility index (Phi) is 4.30. The number of aliphatic imine (C=N–C) groups is 1. The minimum Gasteiger partial charge on any atom is -0.402 e. The van der Waals surface area contributed by atoms with Crippen LogP contribution in [0, 0.1) is 0 Å². The van der Waals surface area contributed by atoms with Crippen molar-refractivity contribution in [3.8, 4) is 0 Å². The molecule has 0 bridgehead atoms. The Morgan fingerprint density at radius 3 is 2.43 bits per heavy atom. The molecule has 0 saturated heterocycles. The third-order valence-corrected chi connectivity index (χ3v) is 4.13. The number of halogens is 1. The molecule has 0 spiro atoms. The highest BCUT2D eigenvalue weighted by Gasteiger charge is 2.25. The first-order valence-electron chi connectivity index (χ1n) is 7.09. The van der Waals surface area contributed by atoms with Crippen molar-refractivity contribution < 1.29 is 9.53 Å². The lowest BCUT2D eigenvalue weighted by atomic mass is 10.1. The zero-order chi connectivity index (χ0) is 16.4. The molecule has 0 atom stereocenters. The van der Waals surface area contributed by atoms with Gasteiger partial charge in [-0.15, -0.1) is 0 Å².